The van der Waals surface area contributed by atoms with Gasteiger partial charge in [-0.05, 0) is 77.9 Å². The summed E-state index contributed by atoms with van der Waals surface area (Å²) >= 11 is 0. The largest absolute Gasteiger partial charge is 0.512 e. The molecule has 0 aliphatic heterocycles. The first-order valence-electron chi connectivity index (χ1n) is 15.9. The molecule has 0 atom stereocenters. The summed E-state index contributed by atoms with van der Waals surface area (Å²) in [5.74, 6) is 2.24. The third kappa shape index (κ3) is 8.37. The number of hydrogen-bond acceptors (Lipinski definition) is 4. The van der Waals surface area contributed by atoms with Crippen molar-refractivity contribution in [1.29, 1.82) is 0 Å². The molecule has 1 heterocycles. The van der Waals surface area contributed by atoms with Crippen molar-refractivity contribution in [2.45, 2.75) is 99.3 Å². The molecule has 4 aromatic rings. The van der Waals surface area contributed by atoms with E-state index >= 15 is 0 Å². The summed E-state index contributed by atoms with van der Waals surface area (Å²) in [5.41, 5.74) is 2.26. The number of benzene rings is 3. The third-order valence-electron chi connectivity index (χ3n) is 9.44. The van der Waals surface area contributed by atoms with Crippen LogP contribution in [0.4, 0.5) is 0 Å². The Kier molecular flexibility index (Phi) is 12.4. The van der Waals surface area contributed by atoms with E-state index in [2.05, 4.69) is 48.3 Å². The molecule has 237 valence electrons. The SMILES string of the molecule is CCC(C)(C)C(=O)/C=C(\O)C(C)(C)CC.Cc1cc2c(ccc3c(Oc4[c-]cccc4)nccc32)cc1C1CCCCC1.[Ir]. The number of ketones is 1. The number of carbonyl (C=O) groups excluding carboxylic acids is 1. The molecule has 44 heavy (non-hydrogen) atoms. The van der Waals surface area contributed by atoms with Crippen LogP contribution in [0.25, 0.3) is 21.5 Å². The number of nitrogens with zero attached hydrogens (tertiary/aromatic N) is 1. The zero-order valence-corrected chi connectivity index (χ0v) is 29.8. The first-order chi connectivity index (χ1) is 20.5. The zero-order valence-electron chi connectivity index (χ0n) is 27.4. The van der Waals surface area contributed by atoms with Crippen molar-refractivity contribution in [3.05, 3.63) is 89.8 Å². The van der Waals surface area contributed by atoms with Crippen LogP contribution in [0.3, 0.4) is 0 Å². The number of hydrogen-bond donors (Lipinski definition) is 1. The molecule has 1 aromatic heterocycles. The molecule has 1 aliphatic rings. The van der Waals surface area contributed by atoms with Gasteiger partial charge in [0.1, 0.15) is 5.76 Å². The molecule has 5 heteroatoms. The van der Waals surface area contributed by atoms with Crippen LogP contribution < -0.4 is 4.74 Å². The van der Waals surface area contributed by atoms with Crippen molar-refractivity contribution in [3.8, 4) is 11.6 Å². The maximum absolute atomic E-state index is 11.8. The van der Waals surface area contributed by atoms with E-state index in [1.165, 1.54) is 65.5 Å². The van der Waals surface area contributed by atoms with Crippen LogP contribution in [0.5, 0.6) is 11.6 Å². The van der Waals surface area contributed by atoms with Crippen LogP contribution in [0, 0.1) is 23.8 Å². The molecule has 1 saturated carbocycles. The molecule has 1 aliphatic carbocycles. The molecule has 1 radical (unpaired) electrons. The van der Waals surface area contributed by atoms with Crippen LogP contribution in [-0.4, -0.2) is 15.9 Å². The Morgan fingerprint density at radius 1 is 0.955 bits per heavy atom. The Bertz CT molecular complexity index is 1580. The van der Waals surface area contributed by atoms with Crippen molar-refractivity contribution in [3.63, 3.8) is 0 Å². The molecule has 1 N–H and O–H groups in total. The van der Waals surface area contributed by atoms with E-state index in [1.807, 2.05) is 72.0 Å². The number of aryl methyl sites for hydroxylation is 1. The average Bonchev–Trinajstić information content (AvgIpc) is 3.02. The van der Waals surface area contributed by atoms with E-state index in [1.54, 1.807) is 0 Å². The van der Waals surface area contributed by atoms with Gasteiger partial charge < -0.3 is 9.84 Å². The number of para-hydroxylation sites is 1. The second-order valence-corrected chi connectivity index (χ2v) is 13.2. The maximum Gasteiger partial charge on any atom is 0.224 e. The molecule has 0 spiro atoms. The van der Waals surface area contributed by atoms with Gasteiger partial charge in [-0.15, -0.1) is 12.1 Å². The van der Waals surface area contributed by atoms with E-state index in [0.29, 0.717) is 11.6 Å². The van der Waals surface area contributed by atoms with Gasteiger partial charge in [-0.3, -0.25) is 4.79 Å². The quantitative estimate of drug-likeness (QED) is 0.0839. The van der Waals surface area contributed by atoms with Crippen LogP contribution >= 0.6 is 0 Å². The molecule has 1 fully saturated rings. The maximum atomic E-state index is 11.8. The number of aliphatic hydroxyl groups is 1. The Hall–Kier alpha value is -3.01. The summed E-state index contributed by atoms with van der Waals surface area (Å²) in [7, 11) is 0. The van der Waals surface area contributed by atoms with E-state index < -0.39 is 0 Å². The fraction of sp³-hybridized carbons (Fsp3) is 0.436. The third-order valence-corrected chi connectivity index (χ3v) is 9.44. The number of aliphatic hydroxyl groups excluding tert-OH is 1. The average molecular weight is 771 g/mol. The first kappa shape index (κ1) is 35.5. The monoisotopic (exact) mass is 771 g/mol. The van der Waals surface area contributed by atoms with Gasteiger partial charge in [-0.25, -0.2) is 4.98 Å². The molecule has 5 rings (SSSR count). The van der Waals surface area contributed by atoms with Crippen LogP contribution in [-0.2, 0) is 24.9 Å². The standard InChI is InChI=1S/C26H24NO.C13H24O2.Ir/c1-18-16-25-20(17-24(18)19-8-4-2-5-9-19)12-13-23-22(25)14-15-27-26(23)28-21-10-6-3-7-11-21;1-7-12(3,4)10(14)9-11(15)13(5,6)8-2;/h3,6-7,10,12-17,19H,2,4-5,8-9H2,1H3;9,14H,7-8H2,1-6H3;/q-1;;/b;10-9-;. The fourth-order valence-corrected chi connectivity index (χ4v) is 5.49. The van der Waals surface area contributed by atoms with Gasteiger partial charge in [0.05, 0.1) is 0 Å². The van der Waals surface area contributed by atoms with Crippen LogP contribution in [0.2, 0.25) is 0 Å². The van der Waals surface area contributed by atoms with Gasteiger partial charge in [0.2, 0.25) is 5.88 Å². The van der Waals surface area contributed by atoms with Gasteiger partial charge in [-0.1, -0.05) is 79.0 Å². The molecular weight excluding hydrogens is 723 g/mol. The molecule has 0 unspecified atom stereocenters. The van der Waals surface area contributed by atoms with E-state index in [9.17, 15) is 9.90 Å². The Morgan fingerprint density at radius 2 is 1.66 bits per heavy atom. The normalized spacial score (nSPS) is 14.5. The number of ether oxygens (including phenoxy) is 1. The Morgan fingerprint density at radius 3 is 2.30 bits per heavy atom. The minimum Gasteiger partial charge on any atom is -0.512 e. The molecule has 0 saturated heterocycles. The van der Waals surface area contributed by atoms with Crippen LogP contribution in [0.1, 0.15) is 104 Å². The van der Waals surface area contributed by atoms with Gasteiger partial charge in [0.15, 0.2) is 5.78 Å². The summed E-state index contributed by atoms with van der Waals surface area (Å²) < 4.78 is 6.02. The number of rotatable bonds is 8. The summed E-state index contributed by atoms with van der Waals surface area (Å²) in [4.78, 5) is 16.3. The van der Waals surface area contributed by atoms with Crippen molar-refractivity contribution in [2.75, 3.05) is 0 Å². The van der Waals surface area contributed by atoms with E-state index in [0.717, 1.165) is 24.1 Å². The number of fused-ring (bicyclic) bond motifs is 3. The van der Waals surface area contributed by atoms with Gasteiger partial charge >= 0.3 is 0 Å². The molecule has 0 amide bonds. The number of carbonyl (C=O) groups is 1. The first-order valence-corrected chi connectivity index (χ1v) is 15.9. The van der Waals surface area contributed by atoms with E-state index in [4.69, 9.17) is 4.74 Å². The van der Waals surface area contributed by atoms with Gasteiger partial charge in [-0.2, -0.15) is 18.2 Å². The van der Waals surface area contributed by atoms with Gasteiger partial charge in [0, 0.05) is 54.3 Å². The number of allylic oxidation sites excluding steroid dienone is 2. The molecule has 4 nitrogen and oxygen atoms in total. The predicted octanol–water partition coefficient (Wildman–Crippen LogP) is 11.2. The van der Waals surface area contributed by atoms with Crippen molar-refractivity contribution in [2.24, 2.45) is 10.8 Å². The zero-order chi connectivity index (χ0) is 31.2. The molecule has 0 bridgehead atoms. The van der Waals surface area contributed by atoms with Crippen molar-refractivity contribution in [1.82, 2.24) is 4.98 Å². The van der Waals surface area contributed by atoms with Crippen molar-refractivity contribution < 1.29 is 34.7 Å². The topological polar surface area (TPSA) is 59.4 Å². The molecule has 3 aromatic carbocycles. The number of aromatic nitrogens is 1. The minimum atomic E-state index is -0.377. The molecular formula is C39H48IrNO3-. The second-order valence-electron chi connectivity index (χ2n) is 13.2. The number of pyridine rings is 1. The van der Waals surface area contributed by atoms with Crippen molar-refractivity contribution >= 4 is 27.3 Å². The summed E-state index contributed by atoms with van der Waals surface area (Å²) in [6.07, 6.45) is 11.6. The second kappa shape index (κ2) is 15.3. The van der Waals surface area contributed by atoms with Crippen LogP contribution in [0.15, 0.2) is 72.6 Å². The smallest absolute Gasteiger partial charge is 0.224 e. The fourth-order valence-electron chi connectivity index (χ4n) is 5.49. The Balaban J connectivity index is 0.000000286. The summed E-state index contributed by atoms with van der Waals surface area (Å²) in [5, 5.41) is 14.7. The minimum absolute atomic E-state index is 0. The summed E-state index contributed by atoms with van der Waals surface area (Å²) in [6, 6.07) is 22.0. The predicted molar refractivity (Wildman–Crippen MR) is 179 cm³/mol. The summed E-state index contributed by atoms with van der Waals surface area (Å²) in [6.45, 7) is 13.9. The van der Waals surface area contributed by atoms with Gasteiger partial charge in [0.25, 0.3) is 0 Å². The Labute approximate surface area is 277 Å². The van der Waals surface area contributed by atoms with E-state index in [-0.39, 0.29) is 42.5 Å².